The van der Waals surface area contributed by atoms with Crippen LogP contribution in [0.3, 0.4) is 0 Å². The lowest BCUT2D eigenvalue weighted by Gasteiger charge is -2.12. The molecule has 2 aromatic carbocycles. The van der Waals surface area contributed by atoms with Gasteiger partial charge in [-0.3, -0.25) is 0 Å². The van der Waals surface area contributed by atoms with E-state index in [1.165, 1.54) is 0 Å². The summed E-state index contributed by atoms with van der Waals surface area (Å²) >= 11 is 3.44. The summed E-state index contributed by atoms with van der Waals surface area (Å²) in [7, 11) is 0. The summed E-state index contributed by atoms with van der Waals surface area (Å²) < 4.78 is 11.9. The lowest BCUT2D eigenvalue weighted by atomic mass is 10.1. The van der Waals surface area contributed by atoms with Crippen LogP contribution in [0.15, 0.2) is 40.9 Å². The molecule has 0 aromatic heterocycles. The van der Waals surface area contributed by atoms with Crippen LogP contribution in [0, 0.1) is 19.8 Å². The Kier molecular flexibility index (Phi) is 5.83. The van der Waals surface area contributed by atoms with Gasteiger partial charge in [-0.15, -0.1) is 0 Å². The SMILES string of the molecule is Cc1cccc(OC(=O)c2ccc(OCC(C)C)c(Br)c2)c1C. The lowest BCUT2D eigenvalue weighted by molar-refractivity contribution is 0.0733. The van der Waals surface area contributed by atoms with Gasteiger partial charge in [0.15, 0.2) is 0 Å². The summed E-state index contributed by atoms with van der Waals surface area (Å²) in [6, 6.07) is 10.9. The van der Waals surface area contributed by atoms with E-state index in [1.54, 1.807) is 24.3 Å². The molecule has 0 spiro atoms. The minimum atomic E-state index is -0.380. The highest BCUT2D eigenvalue weighted by atomic mass is 79.9. The van der Waals surface area contributed by atoms with Crippen LogP contribution < -0.4 is 9.47 Å². The largest absolute Gasteiger partial charge is 0.492 e. The average molecular weight is 377 g/mol. The topological polar surface area (TPSA) is 35.5 Å². The van der Waals surface area contributed by atoms with Gasteiger partial charge in [-0.1, -0.05) is 26.0 Å². The Hall–Kier alpha value is -1.81. The Labute approximate surface area is 145 Å². The lowest BCUT2D eigenvalue weighted by Crippen LogP contribution is -2.10. The number of rotatable bonds is 5. The summed E-state index contributed by atoms with van der Waals surface area (Å²) in [5, 5.41) is 0. The van der Waals surface area contributed by atoms with E-state index in [4.69, 9.17) is 9.47 Å². The Bertz CT molecular complexity index is 708. The van der Waals surface area contributed by atoms with Crippen molar-refractivity contribution in [2.75, 3.05) is 6.61 Å². The number of ether oxygens (including phenoxy) is 2. The van der Waals surface area contributed by atoms with E-state index in [0.717, 1.165) is 21.3 Å². The summed E-state index contributed by atoms with van der Waals surface area (Å²) in [5.74, 6) is 1.37. The van der Waals surface area contributed by atoms with Crippen molar-refractivity contribution in [3.05, 3.63) is 57.6 Å². The van der Waals surface area contributed by atoms with Crippen LogP contribution in [-0.4, -0.2) is 12.6 Å². The molecular formula is C19H21BrO3. The van der Waals surface area contributed by atoms with Crippen LogP contribution in [0.4, 0.5) is 0 Å². The van der Waals surface area contributed by atoms with Gasteiger partial charge < -0.3 is 9.47 Å². The van der Waals surface area contributed by atoms with Crippen molar-refractivity contribution in [2.45, 2.75) is 27.7 Å². The highest BCUT2D eigenvalue weighted by molar-refractivity contribution is 9.10. The van der Waals surface area contributed by atoms with Gasteiger partial charge in [0, 0.05) is 0 Å². The Balaban J connectivity index is 2.14. The maximum absolute atomic E-state index is 12.3. The molecule has 0 saturated heterocycles. The molecule has 0 atom stereocenters. The van der Waals surface area contributed by atoms with Gasteiger partial charge in [0.25, 0.3) is 0 Å². The number of esters is 1. The summed E-state index contributed by atoms with van der Waals surface area (Å²) in [6.45, 7) is 8.74. The van der Waals surface area contributed by atoms with E-state index in [2.05, 4.69) is 29.8 Å². The quantitative estimate of drug-likeness (QED) is 0.523. The summed E-state index contributed by atoms with van der Waals surface area (Å²) in [4.78, 5) is 12.3. The molecule has 0 N–H and O–H groups in total. The standard InChI is InChI=1S/C19H21BrO3/c1-12(2)11-22-18-9-8-15(10-16(18)20)19(21)23-17-7-5-6-13(3)14(17)4/h5-10,12H,11H2,1-4H3. The zero-order valence-electron chi connectivity index (χ0n) is 13.9. The number of carbonyl (C=O) groups excluding carboxylic acids is 1. The van der Waals surface area contributed by atoms with Crippen molar-refractivity contribution in [1.29, 1.82) is 0 Å². The fraction of sp³-hybridized carbons (Fsp3) is 0.316. The van der Waals surface area contributed by atoms with E-state index in [0.29, 0.717) is 23.8 Å². The van der Waals surface area contributed by atoms with Gasteiger partial charge in [0.1, 0.15) is 11.5 Å². The molecule has 0 unspecified atom stereocenters. The predicted octanol–water partition coefficient (Wildman–Crippen LogP) is 5.32. The molecule has 2 rings (SSSR count). The second-order valence-corrected chi connectivity index (χ2v) is 6.79. The molecule has 2 aromatic rings. The van der Waals surface area contributed by atoms with Crippen LogP contribution in [0.5, 0.6) is 11.5 Å². The molecule has 0 heterocycles. The number of carbonyl (C=O) groups is 1. The number of halogens is 1. The van der Waals surface area contributed by atoms with Crippen LogP contribution in [-0.2, 0) is 0 Å². The van der Waals surface area contributed by atoms with Gasteiger partial charge in [0.05, 0.1) is 16.6 Å². The molecule has 0 saturated carbocycles. The monoisotopic (exact) mass is 376 g/mol. The number of benzene rings is 2. The average Bonchev–Trinajstić information content (AvgIpc) is 2.50. The van der Waals surface area contributed by atoms with Gasteiger partial charge in [-0.05, 0) is 71.1 Å². The first-order chi connectivity index (χ1) is 10.9. The molecular weight excluding hydrogens is 356 g/mol. The minimum absolute atomic E-state index is 0.380. The smallest absolute Gasteiger partial charge is 0.343 e. The van der Waals surface area contributed by atoms with E-state index in [1.807, 2.05) is 26.0 Å². The van der Waals surface area contributed by atoms with Gasteiger partial charge in [-0.2, -0.15) is 0 Å². The molecule has 0 amide bonds. The maximum Gasteiger partial charge on any atom is 0.343 e. The van der Waals surface area contributed by atoms with E-state index in [-0.39, 0.29) is 5.97 Å². The molecule has 0 bridgehead atoms. The number of aryl methyl sites for hydroxylation is 1. The van der Waals surface area contributed by atoms with Crippen molar-refractivity contribution < 1.29 is 14.3 Å². The van der Waals surface area contributed by atoms with Gasteiger partial charge in [-0.25, -0.2) is 4.79 Å². The third-order valence-electron chi connectivity index (χ3n) is 3.50. The van der Waals surface area contributed by atoms with Crippen LogP contribution in [0.1, 0.15) is 35.3 Å². The van der Waals surface area contributed by atoms with Crippen molar-refractivity contribution in [2.24, 2.45) is 5.92 Å². The second kappa shape index (κ2) is 7.64. The minimum Gasteiger partial charge on any atom is -0.492 e. The van der Waals surface area contributed by atoms with Gasteiger partial charge in [0.2, 0.25) is 0 Å². The van der Waals surface area contributed by atoms with Crippen molar-refractivity contribution >= 4 is 21.9 Å². The molecule has 0 fully saturated rings. The van der Waals surface area contributed by atoms with Crippen molar-refractivity contribution in [1.82, 2.24) is 0 Å². The van der Waals surface area contributed by atoms with Crippen molar-refractivity contribution in [3.8, 4) is 11.5 Å². The fourth-order valence-electron chi connectivity index (χ4n) is 1.99. The highest BCUT2D eigenvalue weighted by Crippen LogP contribution is 2.28. The van der Waals surface area contributed by atoms with E-state index >= 15 is 0 Å². The Morgan fingerprint density at radius 2 is 1.87 bits per heavy atom. The zero-order valence-corrected chi connectivity index (χ0v) is 15.4. The maximum atomic E-state index is 12.3. The normalized spacial score (nSPS) is 10.7. The third-order valence-corrected chi connectivity index (χ3v) is 4.12. The van der Waals surface area contributed by atoms with Gasteiger partial charge >= 0.3 is 5.97 Å². The highest BCUT2D eigenvalue weighted by Gasteiger charge is 2.13. The first kappa shape index (κ1) is 17.5. The first-order valence-electron chi connectivity index (χ1n) is 7.59. The van der Waals surface area contributed by atoms with Crippen LogP contribution >= 0.6 is 15.9 Å². The van der Waals surface area contributed by atoms with E-state index in [9.17, 15) is 4.79 Å². The first-order valence-corrected chi connectivity index (χ1v) is 8.38. The number of hydrogen-bond donors (Lipinski definition) is 0. The molecule has 0 aliphatic heterocycles. The van der Waals surface area contributed by atoms with Crippen LogP contribution in [0.2, 0.25) is 0 Å². The third kappa shape index (κ3) is 4.58. The Morgan fingerprint density at radius 3 is 2.52 bits per heavy atom. The molecule has 0 aliphatic rings. The molecule has 122 valence electrons. The van der Waals surface area contributed by atoms with E-state index < -0.39 is 0 Å². The predicted molar refractivity (Wildman–Crippen MR) is 95.3 cm³/mol. The van der Waals surface area contributed by atoms with Crippen LogP contribution in [0.25, 0.3) is 0 Å². The second-order valence-electron chi connectivity index (χ2n) is 5.94. The molecule has 4 heteroatoms. The zero-order chi connectivity index (χ0) is 17.0. The molecule has 0 aliphatic carbocycles. The molecule has 23 heavy (non-hydrogen) atoms. The molecule has 0 radical (unpaired) electrons. The summed E-state index contributed by atoms with van der Waals surface area (Å²) in [5.41, 5.74) is 2.54. The fourth-order valence-corrected chi connectivity index (χ4v) is 2.49. The molecule has 3 nitrogen and oxygen atoms in total. The summed E-state index contributed by atoms with van der Waals surface area (Å²) in [6.07, 6.45) is 0. The Morgan fingerprint density at radius 1 is 1.13 bits per heavy atom. The number of hydrogen-bond acceptors (Lipinski definition) is 3. The van der Waals surface area contributed by atoms with Crippen molar-refractivity contribution in [3.63, 3.8) is 0 Å².